The predicted molar refractivity (Wildman–Crippen MR) is 103 cm³/mol. The second kappa shape index (κ2) is 11.6. The highest BCUT2D eigenvalue weighted by molar-refractivity contribution is 6.27. The average molecular weight is 377 g/mol. The second-order valence-corrected chi connectivity index (χ2v) is 7.21. The Morgan fingerprint density at radius 2 is 1.56 bits per heavy atom. The monoisotopic (exact) mass is 377 g/mol. The Morgan fingerprint density at radius 3 is 2.22 bits per heavy atom. The molecule has 2 aliphatic rings. The third-order valence-electron chi connectivity index (χ3n) is 5.09. The molecule has 27 heavy (non-hydrogen) atoms. The number of hydrogen-bond acceptors (Lipinski definition) is 4. The van der Waals surface area contributed by atoms with Gasteiger partial charge < -0.3 is 19.8 Å². The molecule has 1 aliphatic heterocycles. The van der Waals surface area contributed by atoms with Gasteiger partial charge in [0.1, 0.15) is 5.75 Å². The van der Waals surface area contributed by atoms with Crippen LogP contribution in [0.3, 0.4) is 0 Å². The summed E-state index contributed by atoms with van der Waals surface area (Å²) in [5.41, 5.74) is 3.06. The zero-order chi connectivity index (χ0) is 19.5. The number of nitrogens with zero attached hydrogens (tertiary/aromatic N) is 1. The molecule has 1 heterocycles. The van der Waals surface area contributed by atoms with Crippen LogP contribution >= 0.6 is 0 Å². The van der Waals surface area contributed by atoms with Crippen LogP contribution in [-0.4, -0.2) is 53.3 Å². The first kappa shape index (κ1) is 21.2. The molecular weight excluding hydrogens is 346 g/mol. The summed E-state index contributed by atoms with van der Waals surface area (Å²) in [6.45, 7) is 4.81. The van der Waals surface area contributed by atoms with Crippen molar-refractivity contribution < 1.29 is 24.5 Å². The van der Waals surface area contributed by atoms with Crippen LogP contribution in [0.5, 0.6) is 5.75 Å². The molecule has 1 aliphatic carbocycles. The molecule has 1 aromatic rings. The molecule has 0 saturated carbocycles. The Hall–Kier alpha value is -2.08. The molecule has 0 unspecified atom stereocenters. The summed E-state index contributed by atoms with van der Waals surface area (Å²) in [4.78, 5) is 20.8. The van der Waals surface area contributed by atoms with Crippen LogP contribution in [0.15, 0.2) is 18.2 Å². The first-order valence-electron chi connectivity index (χ1n) is 9.99. The van der Waals surface area contributed by atoms with Gasteiger partial charge in [-0.1, -0.05) is 6.07 Å². The lowest BCUT2D eigenvalue weighted by molar-refractivity contribution is -0.159. The molecule has 1 saturated heterocycles. The Morgan fingerprint density at radius 1 is 0.889 bits per heavy atom. The van der Waals surface area contributed by atoms with Gasteiger partial charge in [-0.05, 0) is 101 Å². The number of unbranched alkanes of at least 4 members (excludes halogenated alkanes) is 2. The van der Waals surface area contributed by atoms with Crippen LogP contribution in [0, 0.1) is 0 Å². The quantitative estimate of drug-likeness (QED) is 0.560. The molecule has 1 aromatic carbocycles. The first-order chi connectivity index (χ1) is 13.1. The van der Waals surface area contributed by atoms with Gasteiger partial charge in [-0.2, -0.15) is 0 Å². The summed E-state index contributed by atoms with van der Waals surface area (Å²) >= 11 is 0. The molecule has 0 amide bonds. The normalized spacial score (nSPS) is 16.1. The van der Waals surface area contributed by atoms with E-state index in [4.69, 9.17) is 24.5 Å². The van der Waals surface area contributed by atoms with Crippen molar-refractivity contribution in [2.75, 3.05) is 26.2 Å². The van der Waals surface area contributed by atoms with Gasteiger partial charge in [0.25, 0.3) is 0 Å². The van der Waals surface area contributed by atoms with Crippen LogP contribution in [0.2, 0.25) is 0 Å². The van der Waals surface area contributed by atoms with Crippen LogP contribution in [0.4, 0.5) is 0 Å². The smallest absolute Gasteiger partial charge is 0.414 e. The third kappa shape index (κ3) is 7.99. The van der Waals surface area contributed by atoms with Crippen LogP contribution in [0.25, 0.3) is 0 Å². The van der Waals surface area contributed by atoms with Gasteiger partial charge in [-0.3, -0.25) is 0 Å². The fourth-order valence-corrected chi connectivity index (χ4v) is 3.61. The van der Waals surface area contributed by atoms with Gasteiger partial charge >= 0.3 is 11.9 Å². The molecule has 2 N–H and O–H groups in total. The zero-order valence-electron chi connectivity index (χ0n) is 16.0. The number of ether oxygens (including phenoxy) is 1. The van der Waals surface area contributed by atoms with E-state index in [0.717, 1.165) is 12.4 Å². The van der Waals surface area contributed by atoms with Gasteiger partial charge in [0.05, 0.1) is 6.61 Å². The molecule has 1 fully saturated rings. The average Bonchev–Trinajstić information content (AvgIpc) is 3.18. The standard InChI is InChI=1S/C19H29NO.C2H2O4/c1(4-12-20-13-5-6-14-20)7-15-21-19-11-10-17-8-2-3-9-18(17)16-19;3-1(4)2(5)6/h10-11,16H,1-9,12-15H2;(H,3,4)(H,5,6). The minimum Gasteiger partial charge on any atom is -0.494 e. The van der Waals surface area contributed by atoms with E-state index in [9.17, 15) is 0 Å². The van der Waals surface area contributed by atoms with Crippen molar-refractivity contribution in [1.29, 1.82) is 0 Å². The summed E-state index contributed by atoms with van der Waals surface area (Å²) in [6, 6.07) is 6.71. The Labute approximate surface area is 161 Å². The molecule has 0 spiro atoms. The van der Waals surface area contributed by atoms with Gasteiger partial charge in [0, 0.05) is 0 Å². The number of rotatable bonds is 7. The van der Waals surface area contributed by atoms with Crippen molar-refractivity contribution in [2.24, 2.45) is 0 Å². The molecule has 3 rings (SSSR count). The van der Waals surface area contributed by atoms with E-state index in [-0.39, 0.29) is 0 Å². The highest BCUT2D eigenvalue weighted by Gasteiger charge is 2.11. The maximum Gasteiger partial charge on any atom is 0.414 e. The van der Waals surface area contributed by atoms with Crippen LogP contribution in [0.1, 0.15) is 56.1 Å². The van der Waals surface area contributed by atoms with Crippen molar-refractivity contribution in [3.8, 4) is 5.75 Å². The lowest BCUT2D eigenvalue weighted by Crippen LogP contribution is -2.20. The Bertz CT molecular complexity index is 599. The third-order valence-corrected chi connectivity index (χ3v) is 5.09. The number of benzene rings is 1. The van der Waals surface area contributed by atoms with Gasteiger partial charge in [-0.25, -0.2) is 9.59 Å². The zero-order valence-corrected chi connectivity index (χ0v) is 16.0. The molecular formula is C21H31NO5. The molecule has 6 heteroatoms. The van der Waals surface area contributed by atoms with E-state index in [1.54, 1.807) is 5.56 Å². The van der Waals surface area contributed by atoms with Gasteiger partial charge in [-0.15, -0.1) is 0 Å². The lowest BCUT2D eigenvalue weighted by Gasteiger charge is -2.17. The van der Waals surface area contributed by atoms with Crippen molar-refractivity contribution in [3.05, 3.63) is 29.3 Å². The number of carboxylic acids is 2. The number of likely N-dealkylation sites (tertiary alicyclic amines) is 1. The minimum absolute atomic E-state index is 0.874. The number of aryl methyl sites for hydroxylation is 2. The minimum atomic E-state index is -1.82. The maximum absolute atomic E-state index is 9.10. The highest BCUT2D eigenvalue weighted by Crippen LogP contribution is 2.25. The van der Waals surface area contributed by atoms with E-state index in [0.29, 0.717) is 0 Å². The fraction of sp³-hybridized carbons (Fsp3) is 0.619. The fourth-order valence-electron chi connectivity index (χ4n) is 3.61. The lowest BCUT2D eigenvalue weighted by atomic mass is 9.92. The van der Waals surface area contributed by atoms with Gasteiger partial charge in [0.2, 0.25) is 0 Å². The highest BCUT2D eigenvalue weighted by atomic mass is 16.5. The van der Waals surface area contributed by atoms with Crippen molar-refractivity contribution in [1.82, 2.24) is 4.90 Å². The number of hydrogen-bond donors (Lipinski definition) is 2. The van der Waals surface area contributed by atoms with Gasteiger partial charge in [0.15, 0.2) is 0 Å². The van der Waals surface area contributed by atoms with E-state index < -0.39 is 11.9 Å². The van der Waals surface area contributed by atoms with Crippen molar-refractivity contribution >= 4 is 11.9 Å². The van der Waals surface area contributed by atoms with Crippen LogP contribution < -0.4 is 4.74 Å². The number of fused-ring (bicyclic) bond motifs is 1. The topological polar surface area (TPSA) is 87.1 Å². The summed E-state index contributed by atoms with van der Waals surface area (Å²) in [5, 5.41) is 14.8. The molecule has 0 atom stereocenters. The molecule has 150 valence electrons. The Kier molecular flexibility index (Phi) is 9.11. The number of aliphatic carboxylic acids is 2. The molecule has 0 aromatic heterocycles. The van der Waals surface area contributed by atoms with E-state index >= 15 is 0 Å². The summed E-state index contributed by atoms with van der Waals surface area (Å²) < 4.78 is 5.93. The maximum atomic E-state index is 9.10. The summed E-state index contributed by atoms with van der Waals surface area (Å²) in [6.07, 6.45) is 11.8. The van der Waals surface area contributed by atoms with E-state index in [1.807, 2.05) is 0 Å². The van der Waals surface area contributed by atoms with E-state index in [2.05, 4.69) is 23.1 Å². The van der Waals surface area contributed by atoms with Crippen molar-refractivity contribution in [2.45, 2.75) is 57.8 Å². The Balaban J connectivity index is 0.000000380. The SMILES string of the molecule is O=C(O)C(=O)O.c1cc2c(cc1OCCCCCN1CCCC1)CCCC2. The molecule has 0 bridgehead atoms. The van der Waals surface area contributed by atoms with Crippen molar-refractivity contribution in [3.63, 3.8) is 0 Å². The summed E-state index contributed by atoms with van der Waals surface area (Å²) in [5.74, 6) is -2.57. The first-order valence-corrected chi connectivity index (χ1v) is 9.99. The summed E-state index contributed by atoms with van der Waals surface area (Å²) in [7, 11) is 0. The largest absolute Gasteiger partial charge is 0.494 e. The number of carboxylic acid groups (broad SMARTS) is 2. The second-order valence-electron chi connectivity index (χ2n) is 7.21. The number of carbonyl (C=O) groups is 2. The molecule has 0 radical (unpaired) electrons. The van der Waals surface area contributed by atoms with E-state index in [1.165, 1.54) is 83.0 Å². The molecule has 6 nitrogen and oxygen atoms in total. The van der Waals surface area contributed by atoms with Crippen LogP contribution in [-0.2, 0) is 22.4 Å². The predicted octanol–water partition coefficient (Wildman–Crippen LogP) is 3.37.